The molecular formula is C28H25N3O7. The van der Waals surface area contributed by atoms with Crippen LogP contribution in [0, 0.1) is 0 Å². The van der Waals surface area contributed by atoms with Crippen LogP contribution in [0.15, 0.2) is 54.6 Å². The van der Waals surface area contributed by atoms with Gasteiger partial charge in [0, 0.05) is 37.0 Å². The molecule has 10 heteroatoms. The molecule has 4 heterocycles. The van der Waals surface area contributed by atoms with Gasteiger partial charge in [0.2, 0.25) is 19.5 Å². The van der Waals surface area contributed by atoms with Crippen molar-refractivity contribution in [3.8, 4) is 28.7 Å². The van der Waals surface area contributed by atoms with Gasteiger partial charge in [0.05, 0.1) is 0 Å². The number of hydrogen-bond donors (Lipinski definition) is 2. The van der Waals surface area contributed by atoms with Crippen LogP contribution in [0.5, 0.6) is 28.7 Å². The van der Waals surface area contributed by atoms with Gasteiger partial charge in [-0.3, -0.25) is 4.79 Å². The fourth-order valence-electron chi connectivity index (χ4n) is 5.55. The highest BCUT2D eigenvalue weighted by molar-refractivity contribution is 6.11. The maximum atomic E-state index is 14.0. The number of para-hydroxylation sites is 1. The fraction of sp³-hybridized carbons (Fsp3) is 0.286. The summed E-state index contributed by atoms with van der Waals surface area (Å²) in [6.07, 6.45) is 0.655. The summed E-state index contributed by atoms with van der Waals surface area (Å²) >= 11 is 0. The van der Waals surface area contributed by atoms with Crippen LogP contribution in [-0.4, -0.2) is 51.8 Å². The highest BCUT2D eigenvalue weighted by atomic mass is 16.7. The normalized spacial score (nSPS) is 19.4. The zero-order valence-electron chi connectivity index (χ0n) is 20.5. The number of urea groups is 1. The van der Waals surface area contributed by atoms with E-state index in [9.17, 15) is 9.59 Å². The summed E-state index contributed by atoms with van der Waals surface area (Å²) in [5, 5.41) is 5.73. The predicted octanol–water partition coefficient (Wildman–Crippen LogP) is 2.71. The number of benzene rings is 3. The number of carbonyl (C=O) groups excluding carboxylic acids is 2. The Morgan fingerprint density at radius 3 is 2.39 bits per heavy atom. The number of rotatable bonds is 6. The molecule has 0 aliphatic carbocycles. The lowest BCUT2D eigenvalue weighted by Crippen LogP contribution is -2.46. The first kappa shape index (κ1) is 22.6. The lowest BCUT2D eigenvalue weighted by atomic mass is 9.77. The SMILES string of the molecule is O=C(NCCc1ccc2c(c1)OCO2)NCCN1C(=O)C2(COc3cc4c(cc32)OCO4)c2ccccc21. The van der Waals surface area contributed by atoms with Gasteiger partial charge in [0.1, 0.15) is 17.8 Å². The van der Waals surface area contributed by atoms with E-state index in [0.29, 0.717) is 43.3 Å². The molecule has 2 N–H and O–H groups in total. The number of amides is 3. The molecule has 1 atom stereocenters. The van der Waals surface area contributed by atoms with E-state index in [1.54, 1.807) is 11.0 Å². The third-order valence-corrected chi connectivity index (χ3v) is 7.40. The Labute approximate surface area is 218 Å². The van der Waals surface area contributed by atoms with Crippen LogP contribution in [0.1, 0.15) is 16.7 Å². The Kier molecular flexibility index (Phi) is 5.20. The number of nitrogens with zero attached hydrogens (tertiary/aromatic N) is 1. The van der Waals surface area contributed by atoms with Crippen LogP contribution >= 0.6 is 0 Å². The monoisotopic (exact) mass is 515 g/mol. The molecule has 10 nitrogen and oxygen atoms in total. The molecule has 0 bridgehead atoms. The quantitative estimate of drug-likeness (QED) is 0.520. The molecule has 3 aromatic carbocycles. The number of carbonyl (C=O) groups is 2. The Bertz CT molecular complexity index is 1460. The Balaban J connectivity index is 1.01. The fourth-order valence-corrected chi connectivity index (χ4v) is 5.55. The third kappa shape index (κ3) is 3.47. The molecule has 0 aromatic heterocycles. The van der Waals surface area contributed by atoms with Crippen molar-refractivity contribution in [2.24, 2.45) is 0 Å². The second-order valence-electron chi connectivity index (χ2n) is 9.49. The predicted molar refractivity (Wildman–Crippen MR) is 135 cm³/mol. The number of fused-ring (bicyclic) bond motifs is 6. The topological polar surface area (TPSA) is 108 Å². The van der Waals surface area contributed by atoms with Crippen molar-refractivity contribution in [1.29, 1.82) is 0 Å². The highest BCUT2D eigenvalue weighted by Crippen LogP contribution is 2.54. The molecular weight excluding hydrogens is 490 g/mol. The maximum Gasteiger partial charge on any atom is 0.314 e. The lowest BCUT2D eigenvalue weighted by molar-refractivity contribution is -0.122. The van der Waals surface area contributed by atoms with Crippen LogP contribution in [0.25, 0.3) is 0 Å². The molecule has 1 spiro atoms. The van der Waals surface area contributed by atoms with Crippen LogP contribution in [0.3, 0.4) is 0 Å². The average molecular weight is 516 g/mol. The Hall–Kier alpha value is -4.60. The van der Waals surface area contributed by atoms with E-state index in [1.165, 1.54) is 0 Å². The van der Waals surface area contributed by atoms with E-state index in [2.05, 4.69) is 10.6 Å². The van der Waals surface area contributed by atoms with Crippen molar-refractivity contribution in [1.82, 2.24) is 10.6 Å². The molecule has 0 radical (unpaired) electrons. The summed E-state index contributed by atoms with van der Waals surface area (Å²) in [5.74, 6) is 3.22. The molecule has 0 saturated carbocycles. The van der Waals surface area contributed by atoms with Gasteiger partial charge in [-0.1, -0.05) is 24.3 Å². The van der Waals surface area contributed by atoms with Gasteiger partial charge >= 0.3 is 6.03 Å². The second-order valence-corrected chi connectivity index (χ2v) is 9.49. The second kappa shape index (κ2) is 8.76. The van der Waals surface area contributed by atoms with Gasteiger partial charge in [-0.2, -0.15) is 0 Å². The van der Waals surface area contributed by atoms with Crippen molar-refractivity contribution in [2.45, 2.75) is 11.8 Å². The minimum absolute atomic E-state index is 0.0821. The summed E-state index contributed by atoms with van der Waals surface area (Å²) < 4.78 is 27.8. The minimum Gasteiger partial charge on any atom is -0.491 e. The molecule has 4 aliphatic heterocycles. The van der Waals surface area contributed by atoms with E-state index < -0.39 is 5.41 Å². The van der Waals surface area contributed by atoms with Gasteiger partial charge in [-0.05, 0) is 41.8 Å². The summed E-state index contributed by atoms with van der Waals surface area (Å²) in [4.78, 5) is 28.1. The zero-order valence-corrected chi connectivity index (χ0v) is 20.5. The molecule has 1 unspecified atom stereocenters. The first-order valence-corrected chi connectivity index (χ1v) is 12.5. The maximum absolute atomic E-state index is 14.0. The molecule has 194 valence electrons. The Morgan fingerprint density at radius 2 is 1.53 bits per heavy atom. The van der Waals surface area contributed by atoms with E-state index in [4.69, 9.17) is 23.7 Å². The molecule has 4 aliphatic rings. The van der Waals surface area contributed by atoms with Crippen molar-refractivity contribution in [2.75, 3.05) is 44.7 Å². The first-order valence-electron chi connectivity index (χ1n) is 12.5. The molecule has 0 saturated heterocycles. The molecule has 0 fully saturated rings. The summed E-state index contributed by atoms with van der Waals surface area (Å²) in [7, 11) is 0. The van der Waals surface area contributed by atoms with E-state index in [0.717, 1.165) is 33.9 Å². The molecule has 7 rings (SSSR count). The highest BCUT2D eigenvalue weighted by Gasteiger charge is 2.57. The minimum atomic E-state index is -0.959. The summed E-state index contributed by atoms with van der Waals surface area (Å²) in [5.41, 5.74) is 2.56. The van der Waals surface area contributed by atoms with Gasteiger partial charge in [-0.25, -0.2) is 4.79 Å². The Morgan fingerprint density at radius 1 is 0.789 bits per heavy atom. The third-order valence-electron chi connectivity index (χ3n) is 7.40. The van der Waals surface area contributed by atoms with Crippen LogP contribution < -0.4 is 39.2 Å². The summed E-state index contributed by atoms with van der Waals surface area (Å²) in [6, 6.07) is 16.8. The smallest absolute Gasteiger partial charge is 0.314 e. The number of nitrogens with one attached hydrogen (secondary N) is 2. The average Bonchev–Trinajstić information content (AvgIpc) is 3.71. The van der Waals surface area contributed by atoms with Crippen molar-refractivity contribution < 1.29 is 33.3 Å². The van der Waals surface area contributed by atoms with Gasteiger partial charge in [0.15, 0.2) is 23.0 Å². The molecule has 38 heavy (non-hydrogen) atoms. The molecule has 3 amide bonds. The van der Waals surface area contributed by atoms with Gasteiger partial charge < -0.3 is 39.2 Å². The number of ether oxygens (including phenoxy) is 5. The standard InChI is InChI=1S/C28H25N3O7/c32-26-28(14-34-22-13-25-24(12-19(22)28)37-16-38-25)18-3-1-2-4-20(18)31(26)10-9-30-27(33)29-8-7-17-5-6-21-23(11-17)36-15-35-21/h1-6,11-13H,7-10,14-16H2,(H2,29,30,33). The molecule has 3 aromatic rings. The number of anilines is 1. The van der Waals surface area contributed by atoms with Crippen molar-refractivity contribution in [3.63, 3.8) is 0 Å². The largest absolute Gasteiger partial charge is 0.491 e. The van der Waals surface area contributed by atoms with E-state index >= 15 is 0 Å². The lowest BCUT2D eigenvalue weighted by Gasteiger charge is -2.23. The van der Waals surface area contributed by atoms with E-state index in [-0.39, 0.29) is 32.1 Å². The van der Waals surface area contributed by atoms with Crippen LogP contribution in [0.2, 0.25) is 0 Å². The van der Waals surface area contributed by atoms with Gasteiger partial charge in [-0.15, -0.1) is 0 Å². The first-order chi connectivity index (χ1) is 18.6. The van der Waals surface area contributed by atoms with E-state index in [1.807, 2.05) is 48.5 Å². The van der Waals surface area contributed by atoms with Crippen LogP contribution in [-0.2, 0) is 16.6 Å². The van der Waals surface area contributed by atoms with Crippen molar-refractivity contribution in [3.05, 3.63) is 71.3 Å². The van der Waals surface area contributed by atoms with Gasteiger partial charge in [0.25, 0.3) is 0 Å². The zero-order chi connectivity index (χ0) is 25.7. The summed E-state index contributed by atoms with van der Waals surface area (Å²) in [6.45, 7) is 1.66. The van der Waals surface area contributed by atoms with Crippen molar-refractivity contribution >= 4 is 17.6 Å². The van der Waals surface area contributed by atoms with Crippen LogP contribution in [0.4, 0.5) is 10.5 Å². The number of hydrogen-bond acceptors (Lipinski definition) is 7.